The first kappa shape index (κ1) is 20.7. The molecule has 0 aliphatic rings. The van der Waals surface area contributed by atoms with E-state index in [1.165, 1.54) is 18.2 Å². The molecule has 1 aromatic heterocycles. The average Bonchev–Trinajstić information content (AvgIpc) is 3.15. The standard InChI is InChI=1S/C23H19FN2O4S/c1-31(28,29)17-12-10-15(11-13-17)18(14-16-6-2-3-7-19(16)24)22(27)26-23-25-20-8-4-5-9-21(20)30-23/h2-13,18H,14H2,1H3,(H,25,26,27). The van der Waals surface area contributed by atoms with Gasteiger partial charge in [-0.15, -0.1) is 0 Å². The number of para-hydroxylation sites is 2. The van der Waals surface area contributed by atoms with Crippen LogP contribution >= 0.6 is 0 Å². The maximum Gasteiger partial charge on any atom is 0.302 e. The number of hydrogen-bond donors (Lipinski definition) is 1. The van der Waals surface area contributed by atoms with Crippen LogP contribution in [0.4, 0.5) is 10.4 Å². The van der Waals surface area contributed by atoms with E-state index in [9.17, 15) is 17.6 Å². The number of nitrogens with zero attached hydrogens (tertiary/aromatic N) is 1. The Morgan fingerprint density at radius 2 is 1.71 bits per heavy atom. The Hall–Kier alpha value is -3.52. The van der Waals surface area contributed by atoms with E-state index in [0.717, 1.165) is 6.26 Å². The molecule has 158 valence electrons. The van der Waals surface area contributed by atoms with Gasteiger partial charge < -0.3 is 4.42 Å². The smallest absolute Gasteiger partial charge is 0.302 e. The molecule has 0 radical (unpaired) electrons. The van der Waals surface area contributed by atoms with E-state index >= 15 is 0 Å². The highest BCUT2D eigenvalue weighted by molar-refractivity contribution is 7.90. The van der Waals surface area contributed by atoms with E-state index < -0.39 is 27.5 Å². The summed E-state index contributed by atoms with van der Waals surface area (Å²) >= 11 is 0. The van der Waals surface area contributed by atoms with Crippen molar-refractivity contribution in [1.82, 2.24) is 4.98 Å². The fourth-order valence-corrected chi connectivity index (χ4v) is 3.94. The van der Waals surface area contributed by atoms with Gasteiger partial charge in [-0.25, -0.2) is 12.8 Å². The fraction of sp³-hybridized carbons (Fsp3) is 0.130. The van der Waals surface area contributed by atoms with Crippen molar-refractivity contribution in [2.45, 2.75) is 17.2 Å². The number of benzene rings is 3. The summed E-state index contributed by atoms with van der Waals surface area (Å²) in [5.41, 5.74) is 2.04. The van der Waals surface area contributed by atoms with Gasteiger partial charge in [0.25, 0.3) is 0 Å². The molecule has 1 amide bonds. The fourth-order valence-electron chi connectivity index (χ4n) is 3.31. The summed E-state index contributed by atoms with van der Waals surface area (Å²) < 4.78 is 43.4. The predicted molar refractivity (Wildman–Crippen MR) is 115 cm³/mol. The van der Waals surface area contributed by atoms with E-state index in [1.807, 2.05) is 0 Å². The minimum Gasteiger partial charge on any atom is -0.423 e. The molecular formula is C23H19FN2O4S. The predicted octanol–water partition coefficient (Wildman–Crippen LogP) is 4.34. The third kappa shape index (κ3) is 4.64. The Balaban J connectivity index is 1.67. The molecule has 0 bridgehead atoms. The molecule has 31 heavy (non-hydrogen) atoms. The molecule has 4 aromatic rings. The largest absolute Gasteiger partial charge is 0.423 e. The third-order valence-corrected chi connectivity index (χ3v) is 6.06. The molecule has 0 fully saturated rings. The van der Waals surface area contributed by atoms with Gasteiger partial charge in [-0.3, -0.25) is 10.1 Å². The summed E-state index contributed by atoms with van der Waals surface area (Å²) in [6.07, 6.45) is 1.19. The van der Waals surface area contributed by atoms with E-state index in [4.69, 9.17) is 4.42 Å². The van der Waals surface area contributed by atoms with E-state index in [2.05, 4.69) is 10.3 Å². The highest BCUT2D eigenvalue weighted by Crippen LogP contribution is 2.26. The van der Waals surface area contributed by atoms with Gasteiger partial charge in [0.1, 0.15) is 11.3 Å². The first-order chi connectivity index (χ1) is 14.8. The number of anilines is 1. The van der Waals surface area contributed by atoms with Gasteiger partial charge in [-0.05, 0) is 47.9 Å². The molecule has 0 saturated heterocycles. The van der Waals surface area contributed by atoms with Crippen LogP contribution in [0.5, 0.6) is 0 Å². The molecular weight excluding hydrogens is 419 g/mol. The number of carbonyl (C=O) groups excluding carboxylic acids is 1. The van der Waals surface area contributed by atoms with Crippen molar-refractivity contribution in [3.8, 4) is 0 Å². The van der Waals surface area contributed by atoms with Crippen molar-refractivity contribution in [2.75, 3.05) is 11.6 Å². The van der Waals surface area contributed by atoms with Gasteiger partial charge in [0, 0.05) is 6.26 Å². The second-order valence-electron chi connectivity index (χ2n) is 7.17. The van der Waals surface area contributed by atoms with Gasteiger partial charge in [-0.1, -0.05) is 42.5 Å². The molecule has 6 nitrogen and oxygen atoms in total. The Morgan fingerprint density at radius 3 is 2.39 bits per heavy atom. The van der Waals surface area contributed by atoms with Crippen LogP contribution in [0.25, 0.3) is 11.1 Å². The maximum absolute atomic E-state index is 14.3. The molecule has 0 aliphatic heterocycles. The quantitative estimate of drug-likeness (QED) is 0.484. The highest BCUT2D eigenvalue weighted by atomic mass is 32.2. The van der Waals surface area contributed by atoms with Gasteiger partial charge in [0.15, 0.2) is 15.4 Å². The van der Waals surface area contributed by atoms with Crippen molar-refractivity contribution < 1.29 is 22.0 Å². The normalized spacial score (nSPS) is 12.6. The molecule has 0 aliphatic carbocycles. The molecule has 3 aromatic carbocycles. The van der Waals surface area contributed by atoms with Crippen LogP contribution in [-0.2, 0) is 21.1 Å². The Kier molecular flexibility index (Phi) is 5.56. The third-order valence-electron chi connectivity index (χ3n) is 4.93. The Bertz CT molecular complexity index is 1310. The SMILES string of the molecule is CS(=O)(=O)c1ccc(C(Cc2ccccc2F)C(=O)Nc2nc3ccccc3o2)cc1. The van der Waals surface area contributed by atoms with Crippen molar-refractivity contribution in [3.63, 3.8) is 0 Å². The number of oxazole rings is 1. The molecule has 0 spiro atoms. The Labute approximate surface area is 178 Å². The topological polar surface area (TPSA) is 89.3 Å². The number of halogens is 1. The summed E-state index contributed by atoms with van der Waals surface area (Å²) in [6, 6.07) is 19.3. The molecule has 1 N–H and O–H groups in total. The summed E-state index contributed by atoms with van der Waals surface area (Å²) in [6.45, 7) is 0. The van der Waals surface area contributed by atoms with Crippen LogP contribution in [0, 0.1) is 5.82 Å². The molecule has 4 rings (SSSR count). The monoisotopic (exact) mass is 438 g/mol. The van der Waals surface area contributed by atoms with Crippen molar-refractivity contribution in [3.05, 3.63) is 89.7 Å². The first-order valence-corrected chi connectivity index (χ1v) is 11.4. The average molecular weight is 438 g/mol. The zero-order valence-corrected chi connectivity index (χ0v) is 17.4. The van der Waals surface area contributed by atoms with Gasteiger partial charge in [0.05, 0.1) is 10.8 Å². The lowest BCUT2D eigenvalue weighted by atomic mass is 9.91. The number of fused-ring (bicyclic) bond motifs is 1. The Morgan fingerprint density at radius 1 is 1.03 bits per heavy atom. The van der Waals surface area contributed by atoms with E-state index in [-0.39, 0.29) is 17.3 Å². The van der Waals surface area contributed by atoms with Crippen LogP contribution in [0.2, 0.25) is 0 Å². The zero-order chi connectivity index (χ0) is 22.0. The second kappa shape index (κ2) is 8.31. The summed E-state index contributed by atoms with van der Waals surface area (Å²) in [4.78, 5) is 17.5. The van der Waals surface area contributed by atoms with Gasteiger partial charge in [-0.2, -0.15) is 4.98 Å². The molecule has 1 heterocycles. The molecule has 8 heteroatoms. The van der Waals surface area contributed by atoms with Gasteiger partial charge in [0.2, 0.25) is 5.91 Å². The van der Waals surface area contributed by atoms with E-state index in [0.29, 0.717) is 22.2 Å². The summed E-state index contributed by atoms with van der Waals surface area (Å²) in [5, 5.41) is 2.66. The lowest BCUT2D eigenvalue weighted by Crippen LogP contribution is -2.23. The zero-order valence-electron chi connectivity index (χ0n) is 16.6. The van der Waals surface area contributed by atoms with Crippen LogP contribution in [0.15, 0.2) is 82.1 Å². The number of aromatic nitrogens is 1. The number of hydrogen-bond acceptors (Lipinski definition) is 5. The van der Waals surface area contributed by atoms with Gasteiger partial charge >= 0.3 is 6.01 Å². The first-order valence-electron chi connectivity index (χ1n) is 9.51. The summed E-state index contributed by atoms with van der Waals surface area (Å²) in [5.74, 6) is -1.66. The van der Waals surface area contributed by atoms with Crippen molar-refractivity contribution in [1.29, 1.82) is 0 Å². The minimum absolute atomic E-state index is 0.0393. The van der Waals surface area contributed by atoms with Crippen LogP contribution in [0.3, 0.4) is 0 Å². The molecule has 1 atom stereocenters. The summed E-state index contributed by atoms with van der Waals surface area (Å²) in [7, 11) is -3.38. The number of carbonyl (C=O) groups is 1. The lowest BCUT2D eigenvalue weighted by Gasteiger charge is -2.17. The second-order valence-corrected chi connectivity index (χ2v) is 9.18. The van der Waals surface area contributed by atoms with Crippen LogP contribution < -0.4 is 5.32 Å². The maximum atomic E-state index is 14.3. The minimum atomic E-state index is -3.38. The molecule has 1 unspecified atom stereocenters. The van der Waals surface area contributed by atoms with Crippen LogP contribution in [0.1, 0.15) is 17.0 Å². The number of nitrogens with one attached hydrogen (secondary N) is 1. The van der Waals surface area contributed by atoms with Crippen LogP contribution in [-0.4, -0.2) is 25.6 Å². The number of sulfone groups is 1. The lowest BCUT2D eigenvalue weighted by molar-refractivity contribution is -0.117. The van der Waals surface area contributed by atoms with Crippen molar-refractivity contribution in [2.24, 2.45) is 0 Å². The number of amides is 1. The number of rotatable bonds is 6. The molecule has 0 saturated carbocycles. The van der Waals surface area contributed by atoms with Crippen molar-refractivity contribution >= 4 is 32.9 Å². The highest BCUT2D eigenvalue weighted by Gasteiger charge is 2.24. The van der Waals surface area contributed by atoms with E-state index in [1.54, 1.807) is 54.6 Å².